The maximum Gasteiger partial charge on any atom is 0.307 e. The van der Waals surface area contributed by atoms with Crippen molar-refractivity contribution in [3.63, 3.8) is 0 Å². The number of nitrogens with zero attached hydrogens (tertiary/aromatic N) is 5. The van der Waals surface area contributed by atoms with Crippen LogP contribution in [0.3, 0.4) is 0 Å². The summed E-state index contributed by atoms with van der Waals surface area (Å²) in [6, 6.07) is 0. The van der Waals surface area contributed by atoms with E-state index in [1.165, 1.54) is 12.6 Å². The molecule has 0 spiro atoms. The van der Waals surface area contributed by atoms with Gasteiger partial charge in [0.1, 0.15) is 12.4 Å². The lowest BCUT2D eigenvalue weighted by molar-refractivity contribution is -0.385. The summed E-state index contributed by atoms with van der Waals surface area (Å²) in [5.74, 6) is 1.23. The first-order valence-corrected chi connectivity index (χ1v) is 10.3. The molecule has 4 aliphatic rings. The second kappa shape index (κ2) is 6.40. The van der Waals surface area contributed by atoms with Crippen molar-refractivity contribution < 1.29 is 9.72 Å². The van der Waals surface area contributed by atoms with E-state index in [0.717, 1.165) is 37.7 Å². The summed E-state index contributed by atoms with van der Waals surface area (Å²) in [7, 11) is 1.86. The number of nitrogens with one attached hydrogen (secondary N) is 1. The third-order valence-corrected chi connectivity index (χ3v) is 7.20. The fourth-order valence-corrected chi connectivity index (χ4v) is 6.71. The molecule has 6 rings (SSSR count). The van der Waals surface area contributed by atoms with Crippen LogP contribution < -0.4 is 5.32 Å². The van der Waals surface area contributed by atoms with E-state index in [1.807, 2.05) is 17.9 Å². The van der Waals surface area contributed by atoms with Gasteiger partial charge in [0.15, 0.2) is 0 Å². The lowest BCUT2D eigenvalue weighted by Crippen LogP contribution is -2.57. The van der Waals surface area contributed by atoms with E-state index >= 15 is 0 Å². The first kappa shape index (κ1) is 18.3. The Morgan fingerprint density at radius 2 is 2.00 bits per heavy atom. The van der Waals surface area contributed by atoms with E-state index in [9.17, 15) is 14.9 Å². The van der Waals surface area contributed by atoms with E-state index in [4.69, 9.17) is 0 Å². The molecule has 29 heavy (non-hydrogen) atoms. The molecule has 2 unspecified atom stereocenters. The molecular formula is C20H26N6O3. The first-order chi connectivity index (χ1) is 13.8. The minimum absolute atomic E-state index is 0.0240. The number of amides is 1. The van der Waals surface area contributed by atoms with Gasteiger partial charge in [-0.05, 0) is 55.8 Å². The van der Waals surface area contributed by atoms with Crippen LogP contribution in [-0.4, -0.2) is 30.4 Å². The Balaban J connectivity index is 1.33. The van der Waals surface area contributed by atoms with Gasteiger partial charge in [0, 0.05) is 31.8 Å². The molecule has 0 radical (unpaired) electrons. The summed E-state index contributed by atoms with van der Waals surface area (Å²) in [6.45, 7) is 0.492. The zero-order valence-corrected chi connectivity index (χ0v) is 16.6. The zero-order chi connectivity index (χ0) is 20.2. The van der Waals surface area contributed by atoms with Crippen molar-refractivity contribution in [2.45, 2.75) is 57.0 Å². The van der Waals surface area contributed by atoms with Gasteiger partial charge < -0.3 is 5.32 Å². The summed E-state index contributed by atoms with van der Waals surface area (Å²) in [6.07, 6.45) is 13.4. The molecule has 4 aliphatic carbocycles. The molecule has 4 fully saturated rings. The standard InChI is InChI=1S/C20H26N6O3/c1-24-11-16(9-22-24)8-21-18(27)7-19-3-14-2-15(4-19)6-20(5-14,13-19)25-12-17(10-23-25)26(28)29/h9-12,14-15H,2-8,13H2,1H3,(H,21,27). The average Bonchev–Trinajstić information content (AvgIpc) is 3.28. The molecule has 1 amide bonds. The van der Waals surface area contributed by atoms with Gasteiger partial charge in [-0.1, -0.05) is 0 Å². The van der Waals surface area contributed by atoms with Crippen molar-refractivity contribution in [1.82, 2.24) is 24.9 Å². The molecule has 9 heteroatoms. The average molecular weight is 398 g/mol. The fraction of sp³-hybridized carbons (Fsp3) is 0.650. The van der Waals surface area contributed by atoms with Gasteiger partial charge in [0.25, 0.3) is 0 Å². The summed E-state index contributed by atoms with van der Waals surface area (Å²) in [4.78, 5) is 23.5. The Hall–Kier alpha value is -2.71. The largest absolute Gasteiger partial charge is 0.352 e. The fourth-order valence-electron chi connectivity index (χ4n) is 6.71. The maximum absolute atomic E-state index is 12.8. The maximum atomic E-state index is 12.8. The molecule has 0 saturated heterocycles. The summed E-state index contributed by atoms with van der Waals surface area (Å²) in [5, 5.41) is 22.7. The second-order valence-corrected chi connectivity index (χ2v) is 9.56. The molecule has 1 N–H and O–H groups in total. The van der Waals surface area contributed by atoms with E-state index in [-0.39, 0.29) is 27.5 Å². The smallest absolute Gasteiger partial charge is 0.307 e. The molecule has 2 aromatic heterocycles. The van der Waals surface area contributed by atoms with Crippen molar-refractivity contribution in [3.8, 4) is 0 Å². The van der Waals surface area contributed by atoms with Gasteiger partial charge in [0.2, 0.25) is 5.91 Å². The summed E-state index contributed by atoms with van der Waals surface area (Å²) < 4.78 is 3.58. The Kier molecular flexibility index (Phi) is 4.04. The number of aryl methyl sites for hydroxylation is 1. The molecule has 2 atom stereocenters. The van der Waals surface area contributed by atoms with Gasteiger partial charge in [-0.15, -0.1) is 0 Å². The highest BCUT2D eigenvalue weighted by molar-refractivity contribution is 5.76. The molecule has 4 saturated carbocycles. The van der Waals surface area contributed by atoms with Crippen LogP contribution in [0.2, 0.25) is 0 Å². The molecule has 154 valence electrons. The van der Waals surface area contributed by atoms with E-state index in [0.29, 0.717) is 24.8 Å². The molecule has 0 aromatic carbocycles. The quantitative estimate of drug-likeness (QED) is 0.594. The van der Waals surface area contributed by atoms with Crippen molar-refractivity contribution in [1.29, 1.82) is 0 Å². The van der Waals surface area contributed by atoms with Gasteiger partial charge in [-0.3, -0.25) is 24.3 Å². The first-order valence-electron chi connectivity index (χ1n) is 10.3. The van der Waals surface area contributed by atoms with E-state index in [2.05, 4.69) is 15.5 Å². The van der Waals surface area contributed by atoms with E-state index < -0.39 is 0 Å². The summed E-state index contributed by atoms with van der Waals surface area (Å²) in [5.41, 5.74) is 0.835. The van der Waals surface area contributed by atoms with Crippen LogP contribution in [-0.2, 0) is 23.9 Å². The molecular weight excluding hydrogens is 372 g/mol. The van der Waals surface area contributed by atoms with Crippen molar-refractivity contribution in [2.24, 2.45) is 24.3 Å². The van der Waals surface area contributed by atoms with Crippen molar-refractivity contribution >= 4 is 11.6 Å². The predicted molar refractivity (Wildman–Crippen MR) is 104 cm³/mol. The lowest BCUT2D eigenvalue weighted by atomic mass is 9.46. The van der Waals surface area contributed by atoms with Crippen LogP contribution in [0.25, 0.3) is 0 Å². The molecule has 0 aliphatic heterocycles. The Morgan fingerprint density at radius 1 is 1.24 bits per heavy atom. The SMILES string of the molecule is Cn1cc(CNC(=O)CC23CC4CC(C2)CC(n2cc([N+](=O)[O-])cn2)(C4)C3)cn1. The third kappa shape index (κ3) is 3.22. The molecule has 9 nitrogen and oxygen atoms in total. The second-order valence-electron chi connectivity index (χ2n) is 9.56. The monoisotopic (exact) mass is 398 g/mol. The number of rotatable bonds is 6. The number of carbonyl (C=O) groups excluding carboxylic acids is 1. The van der Waals surface area contributed by atoms with Crippen LogP contribution >= 0.6 is 0 Å². The van der Waals surface area contributed by atoms with Crippen LogP contribution in [0.1, 0.15) is 50.5 Å². The number of aromatic nitrogens is 4. The predicted octanol–water partition coefficient (Wildman–Crippen LogP) is 2.53. The van der Waals surface area contributed by atoms with Crippen molar-refractivity contribution in [2.75, 3.05) is 0 Å². The minimum atomic E-state index is -0.383. The highest BCUT2D eigenvalue weighted by Crippen LogP contribution is 2.65. The van der Waals surface area contributed by atoms with Gasteiger partial charge in [-0.25, -0.2) is 0 Å². The Morgan fingerprint density at radius 3 is 2.62 bits per heavy atom. The number of nitro groups is 1. The highest BCUT2D eigenvalue weighted by atomic mass is 16.6. The highest BCUT2D eigenvalue weighted by Gasteiger charge is 2.59. The van der Waals surface area contributed by atoms with Crippen molar-refractivity contribution in [3.05, 3.63) is 40.5 Å². The van der Waals surface area contributed by atoms with Crippen LogP contribution in [0.15, 0.2) is 24.8 Å². The molecule has 2 aromatic rings. The number of hydrogen-bond donors (Lipinski definition) is 1. The van der Waals surface area contributed by atoms with E-state index in [1.54, 1.807) is 17.1 Å². The van der Waals surface area contributed by atoms with Gasteiger partial charge in [0.05, 0.1) is 16.7 Å². The van der Waals surface area contributed by atoms with Crippen LogP contribution in [0.4, 0.5) is 5.69 Å². The number of carbonyl (C=O) groups is 1. The van der Waals surface area contributed by atoms with Crippen LogP contribution in [0.5, 0.6) is 0 Å². The zero-order valence-electron chi connectivity index (χ0n) is 16.6. The molecule has 2 heterocycles. The number of hydrogen-bond acceptors (Lipinski definition) is 5. The van der Waals surface area contributed by atoms with Gasteiger partial charge in [-0.2, -0.15) is 10.2 Å². The van der Waals surface area contributed by atoms with Gasteiger partial charge >= 0.3 is 5.69 Å². The minimum Gasteiger partial charge on any atom is -0.352 e. The molecule has 4 bridgehead atoms. The third-order valence-electron chi connectivity index (χ3n) is 7.20. The summed E-state index contributed by atoms with van der Waals surface area (Å²) >= 11 is 0. The Bertz CT molecular complexity index is 949. The Labute approximate surface area is 168 Å². The normalized spacial score (nSPS) is 32.4. The van der Waals surface area contributed by atoms with Crippen LogP contribution in [0, 0.1) is 27.4 Å². The topological polar surface area (TPSA) is 108 Å². The lowest BCUT2D eigenvalue weighted by Gasteiger charge is -2.61.